The quantitative estimate of drug-likeness (QED) is 0.570. The molecule has 0 radical (unpaired) electrons. The molecule has 2 heterocycles. The van der Waals surface area contributed by atoms with Crippen molar-refractivity contribution < 1.29 is 4.79 Å². The van der Waals surface area contributed by atoms with E-state index in [4.69, 9.17) is 0 Å². The number of hydrogen-bond acceptors (Lipinski definition) is 4. The number of carbonyl (C=O) groups is 1. The summed E-state index contributed by atoms with van der Waals surface area (Å²) in [5, 5.41) is 14.6. The molecule has 0 aliphatic carbocycles. The Balaban J connectivity index is 1.40. The fourth-order valence-electron chi connectivity index (χ4n) is 3.76. The molecule has 0 spiro atoms. The molecule has 1 aromatic heterocycles. The average molecular weight is 416 g/mol. The van der Waals surface area contributed by atoms with E-state index in [1.165, 1.54) is 18.4 Å². The van der Waals surface area contributed by atoms with Crippen LogP contribution in [-0.4, -0.2) is 29.3 Å². The van der Waals surface area contributed by atoms with Gasteiger partial charge >= 0.3 is 6.03 Å². The van der Waals surface area contributed by atoms with Gasteiger partial charge in [-0.05, 0) is 67.1 Å². The fourth-order valence-corrected chi connectivity index (χ4v) is 3.76. The van der Waals surface area contributed by atoms with Crippen molar-refractivity contribution in [1.29, 1.82) is 0 Å². The normalized spacial score (nSPS) is 14.3. The smallest absolute Gasteiger partial charge is 0.323 e. The predicted octanol–water partition coefficient (Wildman–Crippen LogP) is 5.59. The molecule has 6 nitrogen and oxygen atoms in total. The van der Waals surface area contributed by atoms with E-state index in [1.54, 1.807) is 0 Å². The minimum Gasteiger partial charge on any atom is -0.355 e. The molecule has 0 atom stereocenters. The third-order valence-electron chi connectivity index (χ3n) is 5.79. The zero-order chi connectivity index (χ0) is 21.6. The molecule has 4 rings (SSSR count). The summed E-state index contributed by atoms with van der Waals surface area (Å²) < 4.78 is 0. The molecular formula is C25H29N5O. The molecule has 1 fully saturated rings. The predicted molar refractivity (Wildman–Crippen MR) is 127 cm³/mol. The standard InChI is InChI=1S/C25H29N5O/c1-3-19-7-9-21(10-8-19)26-25(31)27-22-6-4-5-20(17-22)23-11-12-24(29-28-23)30-15-13-18(2)14-16-30/h4-12,17-18H,3,13-16H2,1-2H3,(H2,26,27,31). The number of benzene rings is 2. The summed E-state index contributed by atoms with van der Waals surface area (Å²) in [6.45, 7) is 6.47. The first-order valence-corrected chi connectivity index (χ1v) is 11.0. The molecule has 2 N–H and O–H groups in total. The number of piperidine rings is 1. The topological polar surface area (TPSA) is 70.2 Å². The van der Waals surface area contributed by atoms with Crippen LogP contribution in [0.5, 0.6) is 0 Å². The largest absolute Gasteiger partial charge is 0.355 e. The van der Waals surface area contributed by atoms with Gasteiger partial charge in [-0.25, -0.2) is 4.79 Å². The van der Waals surface area contributed by atoms with Crippen LogP contribution in [0, 0.1) is 5.92 Å². The van der Waals surface area contributed by atoms with E-state index in [9.17, 15) is 4.79 Å². The number of urea groups is 1. The first-order chi connectivity index (χ1) is 15.1. The second-order valence-corrected chi connectivity index (χ2v) is 8.16. The summed E-state index contributed by atoms with van der Waals surface area (Å²) in [5.74, 6) is 1.71. The van der Waals surface area contributed by atoms with Crippen molar-refractivity contribution in [3.8, 4) is 11.3 Å². The second-order valence-electron chi connectivity index (χ2n) is 8.16. The van der Waals surface area contributed by atoms with Crippen LogP contribution in [0.1, 0.15) is 32.3 Å². The number of nitrogens with one attached hydrogen (secondary N) is 2. The number of aromatic nitrogens is 2. The molecule has 31 heavy (non-hydrogen) atoms. The first-order valence-electron chi connectivity index (χ1n) is 11.0. The van der Waals surface area contributed by atoms with E-state index in [-0.39, 0.29) is 6.03 Å². The van der Waals surface area contributed by atoms with Gasteiger partial charge in [0.15, 0.2) is 5.82 Å². The van der Waals surface area contributed by atoms with Crippen LogP contribution in [0.4, 0.5) is 22.0 Å². The van der Waals surface area contributed by atoms with Crippen molar-refractivity contribution in [1.82, 2.24) is 10.2 Å². The highest BCUT2D eigenvalue weighted by molar-refractivity contribution is 6.00. The van der Waals surface area contributed by atoms with Crippen molar-refractivity contribution in [3.05, 3.63) is 66.2 Å². The summed E-state index contributed by atoms with van der Waals surface area (Å²) in [4.78, 5) is 14.7. The van der Waals surface area contributed by atoms with E-state index >= 15 is 0 Å². The van der Waals surface area contributed by atoms with Crippen LogP contribution in [-0.2, 0) is 6.42 Å². The van der Waals surface area contributed by atoms with Gasteiger partial charge in [-0.2, -0.15) is 0 Å². The van der Waals surface area contributed by atoms with Crippen LogP contribution >= 0.6 is 0 Å². The molecule has 1 aliphatic heterocycles. The summed E-state index contributed by atoms with van der Waals surface area (Å²) in [7, 11) is 0. The minimum atomic E-state index is -0.276. The summed E-state index contributed by atoms with van der Waals surface area (Å²) >= 11 is 0. The zero-order valence-corrected chi connectivity index (χ0v) is 18.1. The SMILES string of the molecule is CCc1ccc(NC(=O)Nc2cccc(-c3ccc(N4CCC(C)CC4)nn3)c2)cc1. The number of amides is 2. The molecule has 160 valence electrons. The monoisotopic (exact) mass is 415 g/mol. The maximum atomic E-state index is 12.4. The Hall–Kier alpha value is -3.41. The number of nitrogens with zero attached hydrogens (tertiary/aromatic N) is 3. The molecule has 0 unspecified atom stereocenters. The molecule has 1 aliphatic rings. The van der Waals surface area contributed by atoms with Gasteiger partial charge in [-0.3, -0.25) is 0 Å². The lowest BCUT2D eigenvalue weighted by Gasteiger charge is -2.30. The number of anilines is 3. The van der Waals surface area contributed by atoms with Gasteiger partial charge in [0.1, 0.15) is 0 Å². The Labute approximate surface area is 183 Å². The summed E-state index contributed by atoms with van der Waals surface area (Å²) in [5.41, 5.74) is 4.40. The van der Waals surface area contributed by atoms with Crippen molar-refractivity contribution in [2.45, 2.75) is 33.1 Å². The Morgan fingerprint density at radius 2 is 1.71 bits per heavy atom. The first kappa shape index (κ1) is 20.8. The van der Waals surface area contributed by atoms with E-state index in [1.807, 2.05) is 60.7 Å². The van der Waals surface area contributed by atoms with Crippen molar-refractivity contribution in [2.75, 3.05) is 28.6 Å². The third-order valence-corrected chi connectivity index (χ3v) is 5.79. The molecule has 2 amide bonds. The second kappa shape index (κ2) is 9.60. The van der Waals surface area contributed by atoms with Crippen LogP contribution in [0.3, 0.4) is 0 Å². The Morgan fingerprint density at radius 1 is 0.968 bits per heavy atom. The number of carbonyl (C=O) groups excluding carboxylic acids is 1. The lowest BCUT2D eigenvalue weighted by atomic mass is 9.99. The Bertz CT molecular complexity index is 1010. The van der Waals surface area contributed by atoms with Crippen LogP contribution in [0.15, 0.2) is 60.7 Å². The fraction of sp³-hybridized carbons (Fsp3) is 0.320. The Morgan fingerprint density at radius 3 is 2.39 bits per heavy atom. The van der Waals surface area contributed by atoms with E-state index in [0.29, 0.717) is 5.69 Å². The van der Waals surface area contributed by atoms with Crippen molar-refractivity contribution in [3.63, 3.8) is 0 Å². The van der Waals surface area contributed by atoms with Gasteiger partial charge in [0.2, 0.25) is 0 Å². The summed E-state index contributed by atoms with van der Waals surface area (Å²) in [6.07, 6.45) is 3.37. The lowest BCUT2D eigenvalue weighted by Crippen LogP contribution is -2.33. The van der Waals surface area contributed by atoms with Gasteiger partial charge in [-0.15, -0.1) is 10.2 Å². The molecule has 6 heteroatoms. The minimum absolute atomic E-state index is 0.276. The molecule has 2 aromatic carbocycles. The van der Waals surface area contributed by atoms with Crippen LogP contribution < -0.4 is 15.5 Å². The molecule has 0 saturated carbocycles. The highest BCUT2D eigenvalue weighted by Crippen LogP contribution is 2.24. The zero-order valence-electron chi connectivity index (χ0n) is 18.1. The van der Waals surface area contributed by atoms with E-state index in [2.05, 4.69) is 39.6 Å². The van der Waals surface area contributed by atoms with E-state index in [0.717, 1.165) is 48.2 Å². The van der Waals surface area contributed by atoms with Crippen molar-refractivity contribution in [2.24, 2.45) is 5.92 Å². The number of rotatable bonds is 5. The number of hydrogen-bond donors (Lipinski definition) is 2. The summed E-state index contributed by atoms with van der Waals surface area (Å²) in [6, 6.07) is 19.3. The molecular weight excluding hydrogens is 386 g/mol. The lowest BCUT2D eigenvalue weighted by molar-refractivity contribution is 0.262. The highest BCUT2D eigenvalue weighted by Gasteiger charge is 2.17. The molecule has 1 saturated heterocycles. The Kier molecular flexibility index (Phi) is 6.46. The number of aryl methyl sites for hydroxylation is 1. The van der Waals surface area contributed by atoms with Gasteiger partial charge < -0.3 is 15.5 Å². The maximum absolute atomic E-state index is 12.4. The average Bonchev–Trinajstić information content (AvgIpc) is 2.80. The highest BCUT2D eigenvalue weighted by atomic mass is 16.2. The van der Waals surface area contributed by atoms with Gasteiger partial charge in [0.05, 0.1) is 5.69 Å². The molecule has 0 bridgehead atoms. The van der Waals surface area contributed by atoms with Crippen molar-refractivity contribution >= 4 is 23.2 Å². The van der Waals surface area contributed by atoms with E-state index < -0.39 is 0 Å². The van der Waals surface area contributed by atoms with Gasteiger partial charge in [-0.1, -0.05) is 38.1 Å². The van der Waals surface area contributed by atoms with Gasteiger partial charge in [0.25, 0.3) is 0 Å². The van der Waals surface area contributed by atoms with Crippen LogP contribution in [0.2, 0.25) is 0 Å². The van der Waals surface area contributed by atoms with Crippen LogP contribution in [0.25, 0.3) is 11.3 Å². The maximum Gasteiger partial charge on any atom is 0.323 e. The van der Waals surface area contributed by atoms with Gasteiger partial charge in [0, 0.05) is 30.0 Å². The molecule has 3 aromatic rings. The third kappa shape index (κ3) is 5.40.